The molecule has 0 atom stereocenters. The Hall–Kier alpha value is -0.0897. The second kappa shape index (κ2) is 4.82. The van der Waals surface area contributed by atoms with Crippen molar-refractivity contribution >= 4 is 7.82 Å². The standard InChI is InChI=1S/C6H7O4P.Ag/c7-11(8,9)10-6-4-2-1-3-5-6;/h1-5H,(H2,7,8,9);. The van der Waals surface area contributed by atoms with Crippen LogP contribution in [0.15, 0.2) is 30.3 Å². The van der Waals surface area contributed by atoms with Gasteiger partial charge in [0.25, 0.3) is 0 Å². The smallest absolute Gasteiger partial charge is 0.404 e. The predicted octanol–water partition coefficient (Wildman–Crippen LogP) is 1.16. The van der Waals surface area contributed by atoms with E-state index in [0.29, 0.717) is 0 Å². The maximum atomic E-state index is 10.3. The van der Waals surface area contributed by atoms with Crippen LogP contribution in [0, 0.1) is 0 Å². The van der Waals surface area contributed by atoms with Gasteiger partial charge in [0.1, 0.15) is 5.75 Å². The Morgan fingerprint density at radius 2 is 1.67 bits per heavy atom. The predicted molar refractivity (Wildman–Crippen MR) is 39.1 cm³/mol. The van der Waals surface area contributed by atoms with Crippen molar-refractivity contribution in [2.75, 3.05) is 0 Å². The maximum absolute atomic E-state index is 10.3. The van der Waals surface area contributed by atoms with Crippen LogP contribution >= 0.6 is 7.82 Å². The third-order valence-corrected chi connectivity index (χ3v) is 1.42. The van der Waals surface area contributed by atoms with Gasteiger partial charge in [0.05, 0.1) is 0 Å². The summed E-state index contributed by atoms with van der Waals surface area (Å²) >= 11 is 0. The number of hydrogen-bond acceptors (Lipinski definition) is 2. The van der Waals surface area contributed by atoms with Gasteiger partial charge in [-0.1, -0.05) is 18.2 Å². The minimum absolute atomic E-state index is 0. The van der Waals surface area contributed by atoms with E-state index in [1.54, 1.807) is 18.2 Å². The van der Waals surface area contributed by atoms with Crippen LogP contribution < -0.4 is 4.52 Å². The van der Waals surface area contributed by atoms with E-state index in [0.717, 1.165) is 0 Å². The van der Waals surface area contributed by atoms with Gasteiger partial charge in [-0.05, 0) is 12.1 Å². The Bertz CT molecular complexity index is 270. The molecule has 0 unspecified atom stereocenters. The number of para-hydroxylation sites is 1. The van der Waals surface area contributed by atoms with E-state index in [2.05, 4.69) is 4.52 Å². The summed E-state index contributed by atoms with van der Waals surface area (Å²) in [5.41, 5.74) is 0. The van der Waals surface area contributed by atoms with Gasteiger partial charge in [-0.3, -0.25) is 9.79 Å². The molecule has 0 heterocycles. The molecule has 4 nitrogen and oxygen atoms in total. The third-order valence-electron chi connectivity index (χ3n) is 0.968. The third kappa shape index (κ3) is 4.72. The average Bonchev–Trinajstić information content (AvgIpc) is 1.85. The summed E-state index contributed by atoms with van der Waals surface area (Å²) in [5, 5.41) is 0. The summed E-state index contributed by atoms with van der Waals surface area (Å²) in [7, 11) is -4.39. The molecule has 0 aliphatic rings. The van der Waals surface area contributed by atoms with Crippen molar-refractivity contribution in [3.05, 3.63) is 30.3 Å². The normalized spacial score (nSPS) is 10.2. The van der Waals surface area contributed by atoms with Crippen molar-refractivity contribution in [1.29, 1.82) is 0 Å². The molecular formula is C6H7AgO4P. The van der Waals surface area contributed by atoms with E-state index in [9.17, 15) is 4.57 Å². The van der Waals surface area contributed by atoms with E-state index in [-0.39, 0.29) is 28.1 Å². The maximum Gasteiger partial charge on any atom is 0.524 e. The van der Waals surface area contributed by atoms with Crippen LogP contribution in [0.1, 0.15) is 0 Å². The molecule has 0 saturated heterocycles. The molecule has 2 N–H and O–H groups in total. The summed E-state index contributed by atoms with van der Waals surface area (Å²) in [5.74, 6) is 0.167. The van der Waals surface area contributed by atoms with Crippen LogP contribution in [0.2, 0.25) is 0 Å². The molecule has 0 bridgehead atoms. The Balaban J connectivity index is 0.00000121. The van der Waals surface area contributed by atoms with Crippen molar-refractivity contribution in [3.63, 3.8) is 0 Å². The van der Waals surface area contributed by atoms with Gasteiger partial charge >= 0.3 is 7.82 Å². The molecule has 1 rings (SSSR count). The van der Waals surface area contributed by atoms with Gasteiger partial charge in [0.2, 0.25) is 0 Å². The van der Waals surface area contributed by atoms with Gasteiger partial charge in [0.15, 0.2) is 0 Å². The Kier molecular flexibility index (Phi) is 4.78. The fourth-order valence-electron chi connectivity index (χ4n) is 0.619. The first-order chi connectivity index (χ1) is 5.08. The van der Waals surface area contributed by atoms with Gasteiger partial charge in [-0.2, -0.15) is 0 Å². The van der Waals surface area contributed by atoms with Crippen LogP contribution in [0.3, 0.4) is 0 Å². The summed E-state index contributed by atoms with van der Waals surface area (Å²) in [6.07, 6.45) is 0. The molecule has 0 saturated carbocycles. The Morgan fingerprint density at radius 3 is 2.08 bits per heavy atom. The number of phosphoric ester groups is 1. The van der Waals surface area contributed by atoms with Crippen molar-refractivity contribution in [3.8, 4) is 5.75 Å². The molecule has 71 valence electrons. The molecule has 0 aliphatic heterocycles. The fraction of sp³-hybridized carbons (Fsp3) is 0. The second-order valence-electron chi connectivity index (χ2n) is 1.89. The number of phosphoric acid groups is 1. The molecular weight excluding hydrogens is 275 g/mol. The van der Waals surface area contributed by atoms with Crippen molar-refractivity contribution in [1.82, 2.24) is 0 Å². The van der Waals surface area contributed by atoms with Crippen LogP contribution in [-0.4, -0.2) is 9.79 Å². The zero-order valence-corrected chi connectivity index (χ0v) is 8.22. The number of hydrogen-bond donors (Lipinski definition) is 2. The minimum Gasteiger partial charge on any atom is -0.404 e. The first-order valence-corrected chi connectivity index (χ1v) is 4.41. The van der Waals surface area contributed by atoms with E-state index in [4.69, 9.17) is 9.79 Å². The van der Waals surface area contributed by atoms with Crippen LogP contribution in [0.5, 0.6) is 5.75 Å². The molecule has 1 radical (unpaired) electrons. The first kappa shape index (κ1) is 11.9. The Labute approximate surface area is 85.3 Å². The zero-order chi connectivity index (χ0) is 8.32. The van der Waals surface area contributed by atoms with Gasteiger partial charge < -0.3 is 4.52 Å². The largest absolute Gasteiger partial charge is 0.524 e. The van der Waals surface area contributed by atoms with E-state index in [1.165, 1.54) is 12.1 Å². The molecule has 0 aliphatic carbocycles. The van der Waals surface area contributed by atoms with Gasteiger partial charge in [0, 0.05) is 22.4 Å². The van der Waals surface area contributed by atoms with Crippen molar-refractivity contribution in [2.45, 2.75) is 0 Å². The van der Waals surface area contributed by atoms with Crippen LogP contribution in [0.4, 0.5) is 0 Å². The average molecular weight is 282 g/mol. The molecule has 1 aromatic carbocycles. The number of rotatable bonds is 2. The molecule has 0 spiro atoms. The molecule has 6 heteroatoms. The summed E-state index contributed by atoms with van der Waals surface area (Å²) in [4.78, 5) is 16.7. The van der Waals surface area contributed by atoms with Crippen LogP contribution in [0.25, 0.3) is 0 Å². The molecule has 0 fully saturated rings. The van der Waals surface area contributed by atoms with Gasteiger partial charge in [-0.25, -0.2) is 4.57 Å². The summed E-state index contributed by atoms with van der Waals surface area (Å²) in [6.45, 7) is 0. The molecule has 0 aromatic heterocycles. The molecule has 12 heavy (non-hydrogen) atoms. The SMILES string of the molecule is O=P(O)(O)Oc1ccccc1.[Ag]. The van der Waals surface area contributed by atoms with Gasteiger partial charge in [-0.15, -0.1) is 0 Å². The quantitative estimate of drug-likeness (QED) is 0.631. The first-order valence-electron chi connectivity index (χ1n) is 2.88. The topological polar surface area (TPSA) is 66.8 Å². The van der Waals surface area contributed by atoms with Crippen molar-refractivity contribution < 1.29 is 41.3 Å². The van der Waals surface area contributed by atoms with Crippen molar-refractivity contribution in [2.24, 2.45) is 0 Å². The Morgan fingerprint density at radius 1 is 1.17 bits per heavy atom. The monoisotopic (exact) mass is 281 g/mol. The zero-order valence-electron chi connectivity index (χ0n) is 5.85. The van der Waals surface area contributed by atoms with E-state index in [1.807, 2.05) is 0 Å². The molecule has 1 aromatic rings. The van der Waals surface area contributed by atoms with Crippen LogP contribution in [-0.2, 0) is 26.9 Å². The second-order valence-corrected chi connectivity index (χ2v) is 3.06. The van der Waals surface area contributed by atoms with E-state index >= 15 is 0 Å². The fourth-order valence-corrected chi connectivity index (χ4v) is 1.02. The molecule has 0 amide bonds. The summed E-state index contributed by atoms with van der Waals surface area (Å²) in [6, 6.07) is 7.93. The minimum atomic E-state index is -4.39. The van der Waals surface area contributed by atoms with E-state index < -0.39 is 7.82 Å². The summed E-state index contributed by atoms with van der Waals surface area (Å²) < 4.78 is 14.5. The number of benzene rings is 1.